The molecule has 0 radical (unpaired) electrons. The highest BCUT2D eigenvalue weighted by molar-refractivity contribution is 5.87. The molecule has 704 valence electrons. The summed E-state index contributed by atoms with van der Waals surface area (Å²) in [7, 11) is 0. The Balaban J connectivity index is 0.000000150. The normalized spacial score (nSPS) is 15.9. The van der Waals surface area contributed by atoms with Gasteiger partial charge in [-0.15, -0.1) is 0 Å². The molecule has 8 aromatic carbocycles. The summed E-state index contributed by atoms with van der Waals surface area (Å²) in [6, 6.07) is 42.8. The van der Waals surface area contributed by atoms with Gasteiger partial charge >= 0.3 is 24.7 Å². The number of pyridine rings is 4. The lowest BCUT2D eigenvalue weighted by Gasteiger charge is -2.38. The Bertz CT molecular complexity index is 5880. The van der Waals surface area contributed by atoms with Crippen molar-refractivity contribution in [2.24, 2.45) is 0 Å². The number of benzene rings is 8. The fourth-order valence-corrected chi connectivity index (χ4v) is 19.3. The van der Waals surface area contributed by atoms with Crippen molar-refractivity contribution < 1.29 is 110 Å². The summed E-state index contributed by atoms with van der Waals surface area (Å²) in [6.45, 7) is 21.5. The van der Waals surface area contributed by atoms with E-state index in [0.29, 0.717) is 153 Å². The van der Waals surface area contributed by atoms with E-state index >= 15 is 0 Å². The van der Waals surface area contributed by atoms with E-state index in [9.17, 15) is 90.7 Å². The third-order valence-corrected chi connectivity index (χ3v) is 26.1. The molecule has 4 aromatic heterocycles. The number of aromatic nitrogens is 4. The zero-order valence-corrected chi connectivity index (χ0v) is 75.6. The number of fused-ring (bicyclic) bond motifs is 8. The number of aliphatic hydroxyl groups is 4. The van der Waals surface area contributed by atoms with Gasteiger partial charge in [-0.1, -0.05) is 128 Å². The zero-order chi connectivity index (χ0) is 96.1. The second-order valence-electron chi connectivity index (χ2n) is 38.3. The highest BCUT2D eigenvalue weighted by Gasteiger charge is 2.60. The molecule has 0 spiro atoms. The standard InChI is InChI=1S/4C26H27F4NO2/c2*1-16-11-21-17(5-4-6-19(21)14-31-16)7-9-25(32,26(28,29)30)15-24(2,3)22-13-20(27)12-18-8-10-33-23(18)22;2*1-16-7-8-20-17(5-4-6-22(20)31-16)9-11-25(32,26(28,29)30)15-24(2,3)21-14-19(27)13-18-10-12-33-23(18)21/h2*4-6,11-14,32H,7-10,15H2,1-3H3;2*4-8,13-14,32H,9-12,15H2,1-3H3/t4*25-/m1010/s1. The minimum absolute atomic E-state index is 0.0198. The largest absolute Gasteiger partial charge is 0.493 e. The van der Waals surface area contributed by atoms with Crippen LogP contribution in [-0.4, -0.2) is 114 Å². The zero-order valence-electron chi connectivity index (χ0n) is 75.6. The highest BCUT2D eigenvalue weighted by Crippen LogP contribution is 2.54. The van der Waals surface area contributed by atoms with Crippen LogP contribution >= 0.6 is 0 Å². The van der Waals surface area contributed by atoms with Crippen LogP contribution in [0.25, 0.3) is 43.4 Å². The Hall–Kier alpha value is -10.7. The van der Waals surface area contributed by atoms with Crippen LogP contribution in [0, 0.1) is 51.0 Å². The summed E-state index contributed by atoms with van der Waals surface area (Å²) in [4.78, 5) is 17.4. The van der Waals surface area contributed by atoms with Gasteiger partial charge in [-0.3, -0.25) is 19.9 Å². The summed E-state index contributed by atoms with van der Waals surface area (Å²) in [5, 5.41) is 48.7. The fraction of sp³-hybridized carbons (Fsp3) is 0.423. The van der Waals surface area contributed by atoms with Crippen LogP contribution in [0.5, 0.6) is 23.0 Å². The van der Waals surface area contributed by atoms with Gasteiger partial charge in [0.1, 0.15) is 46.3 Å². The number of alkyl halides is 12. The molecular formula is C104H108F16N4O8. The Morgan fingerprint density at radius 3 is 0.788 bits per heavy atom. The first-order valence-electron chi connectivity index (χ1n) is 44.0. The maximum atomic E-state index is 14.2. The van der Waals surface area contributed by atoms with Crippen molar-refractivity contribution in [1.82, 2.24) is 19.9 Å². The Morgan fingerprint density at radius 1 is 0.295 bits per heavy atom. The summed E-state index contributed by atoms with van der Waals surface area (Å²) < 4.78 is 250. The molecule has 4 aliphatic heterocycles. The second-order valence-corrected chi connectivity index (χ2v) is 38.3. The molecule has 132 heavy (non-hydrogen) atoms. The molecule has 12 aromatic rings. The van der Waals surface area contributed by atoms with Gasteiger partial charge in [-0.05, 0) is 244 Å². The molecule has 12 nitrogen and oxygen atoms in total. The molecule has 0 bridgehead atoms. The van der Waals surface area contributed by atoms with Crippen LogP contribution in [0.2, 0.25) is 0 Å². The van der Waals surface area contributed by atoms with Gasteiger partial charge in [0.05, 0.1) is 37.5 Å². The van der Waals surface area contributed by atoms with Crippen molar-refractivity contribution in [3.63, 3.8) is 0 Å². The lowest BCUT2D eigenvalue weighted by atomic mass is 9.72. The first-order chi connectivity index (χ1) is 61.6. The number of ether oxygens (including phenoxy) is 4. The number of hydrogen-bond donors (Lipinski definition) is 4. The van der Waals surface area contributed by atoms with Crippen LogP contribution in [0.3, 0.4) is 0 Å². The molecule has 0 aliphatic carbocycles. The third kappa shape index (κ3) is 21.7. The van der Waals surface area contributed by atoms with Crippen LogP contribution < -0.4 is 18.9 Å². The molecule has 0 amide bonds. The average molecular weight is 1850 g/mol. The lowest BCUT2D eigenvalue weighted by molar-refractivity contribution is -0.269. The molecule has 0 unspecified atom stereocenters. The summed E-state index contributed by atoms with van der Waals surface area (Å²) >= 11 is 0. The Labute approximate surface area is 756 Å². The van der Waals surface area contributed by atoms with E-state index in [-0.39, 0.29) is 25.7 Å². The van der Waals surface area contributed by atoms with Crippen LogP contribution in [0.4, 0.5) is 70.2 Å². The van der Waals surface area contributed by atoms with Crippen LogP contribution in [0.15, 0.2) is 170 Å². The van der Waals surface area contributed by atoms with E-state index in [1.165, 1.54) is 48.5 Å². The Kier molecular flexibility index (Phi) is 28.2. The number of hydrogen-bond acceptors (Lipinski definition) is 12. The minimum atomic E-state index is -4.86. The Morgan fingerprint density at radius 2 is 0.538 bits per heavy atom. The molecule has 4 aliphatic rings. The second kappa shape index (κ2) is 37.6. The van der Waals surface area contributed by atoms with E-state index in [0.717, 1.165) is 55.1 Å². The van der Waals surface area contributed by atoms with Crippen molar-refractivity contribution in [3.8, 4) is 23.0 Å². The van der Waals surface area contributed by atoms with E-state index in [2.05, 4.69) is 19.9 Å². The SMILES string of the molecule is Cc1cc2c(CC[C@@](O)(CC(C)(C)c3cc(F)cc4c3OCC4)C(F)(F)F)cccc2cn1.Cc1cc2c(CC[C@](O)(CC(C)(C)c3cc(F)cc4c3OCC4)C(F)(F)F)cccc2cn1.Cc1ccc2c(CC[C@@](O)(CC(C)(C)c3cc(F)cc4c3OCC4)C(F)(F)F)cccc2n1.Cc1ccc2c(CC[C@](O)(CC(C)(C)c3cc(F)cc4c3OCC4)C(F)(F)F)cccc2n1. The first-order valence-corrected chi connectivity index (χ1v) is 44.0. The number of aryl methyl sites for hydroxylation is 8. The summed E-state index contributed by atoms with van der Waals surface area (Å²) in [6.07, 6.45) is -18.5. The van der Waals surface area contributed by atoms with E-state index < -0.39 is 143 Å². The number of nitrogens with zero attached hydrogens (tertiary/aromatic N) is 4. The molecule has 0 saturated heterocycles. The van der Waals surface area contributed by atoms with Gasteiger partial charge in [0.15, 0.2) is 22.4 Å². The molecule has 4 atom stereocenters. The quantitative estimate of drug-likeness (QED) is 0.0423. The maximum absolute atomic E-state index is 14.2. The van der Waals surface area contributed by atoms with E-state index in [1.807, 2.05) is 88.4 Å². The predicted octanol–water partition coefficient (Wildman–Crippen LogP) is 24.8. The van der Waals surface area contributed by atoms with Gasteiger partial charge in [-0.25, -0.2) is 17.6 Å². The summed E-state index contributed by atoms with van der Waals surface area (Å²) in [5.74, 6) is -0.336. The first kappa shape index (κ1) is 98.8. The number of rotatable bonds is 24. The van der Waals surface area contributed by atoms with Crippen molar-refractivity contribution in [3.05, 3.63) is 283 Å². The van der Waals surface area contributed by atoms with Crippen LogP contribution in [0.1, 0.15) is 196 Å². The monoisotopic (exact) mass is 1840 g/mol. The topological polar surface area (TPSA) is 169 Å². The fourth-order valence-electron chi connectivity index (χ4n) is 19.3. The van der Waals surface area contributed by atoms with Gasteiger partial charge in [-0.2, -0.15) is 52.7 Å². The van der Waals surface area contributed by atoms with Crippen molar-refractivity contribution in [2.45, 2.75) is 255 Å². The van der Waals surface area contributed by atoms with Crippen molar-refractivity contribution in [1.29, 1.82) is 0 Å². The van der Waals surface area contributed by atoms with Gasteiger partial charge in [0.25, 0.3) is 0 Å². The number of halogens is 16. The van der Waals surface area contributed by atoms with Gasteiger partial charge < -0.3 is 39.4 Å². The smallest absolute Gasteiger partial charge is 0.417 e. The molecule has 28 heteroatoms. The lowest BCUT2D eigenvalue weighted by Crippen LogP contribution is -2.49. The van der Waals surface area contributed by atoms with E-state index in [1.54, 1.807) is 116 Å². The molecular weight excluding hydrogens is 1740 g/mol. The highest BCUT2D eigenvalue weighted by atomic mass is 19.4. The maximum Gasteiger partial charge on any atom is 0.417 e. The summed E-state index contributed by atoms with van der Waals surface area (Å²) in [5.41, 5.74) is -5.20. The average Bonchev–Trinajstić information content (AvgIpc) is 1.34. The molecule has 8 heterocycles. The molecule has 16 rings (SSSR count). The van der Waals surface area contributed by atoms with Crippen LogP contribution in [-0.2, 0) is 73.0 Å². The minimum Gasteiger partial charge on any atom is -0.493 e. The van der Waals surface area contributed by atoms with Crippen molar-refractivity contribution >= 4 is 43.4 Å². The van der Waals surface area contributed by atoms with Crippen molar-refractivity contribution in [2.75, 3.05) is 26.4 Å². The molecule has 0 fully saturated rings. The third-order valence-electron chi connectivity index (χ3n) is 26.1. The molecule has 4 N–H and O–H groups in total. The van der Waals surface area contributed by atoms with Gasteiger partial charge in [0, 0.05) is 127 Å². The molecule has 0 saturated carbocycles. The predicted molar refractivity (Wildman–Crippen MR) is 476 cm³/mol. The van der Waals surface area contributed by atoms with Gasteiger partial charge in [0.2, 0.25) is 0 Å². The van der Waals surface area contributed by atoms with E-state index in [4.69, 9.17) is 18.9 Å².